The van der Waals surface area contributed by atoms with E-state index in [1.54, 1.807) is 33.1 Å². The number of fused-ring (bicyclic) bond motifs is 7. The number of amides is 1. The van der Waals surface area contributed by atoms with E-state index in [2.05, 4.69) is 39.9 Å². The fourth-order valence-corrected chi connectivity index (χ4v) is 14.2. The molecule has 0 aliphatic heterocycles. The molecule has 5 saturated carbocycles. The van der Waals surface area contributed by atoms with Gasteiger partial charge in [-0.25, -0.2) is 0 Å². The summed E-state index contributed by atoms with van der Waals surface area (Å²) in [6, 6.07) is 16.9. The molecule has 2 aromatic rings. The van der Waals surface area contributed by atoms with Crippen molar-refractivity contribution in [3.63, 3.8) is 0 Å². The Bertz CT molecular complexity index is 2160. The lowest BCUT2D eigenvalue weighted by Crippen LogP contribution is -2.63. The highest BCUT2D eigenvalue weighted by molar-refractivity contribution is 6.05. The first-order chi connectivity index (χ1) is 30.3. The summed E-state index contributed by atoms with van der Waals surface area (Å²) in [6.07, 6.45) is 8.07. The number of nitrogens with one attached hydrogen (secondary N) is 1. The maximum absolute atomic E-state index is 14.3. The van der Waals surface area contributed by atoms with Gasteiger partial charge in [0.2, 0.25) is 5.91 Å². The van der Waals surface area contributed by atoms with E-state index >= 15 is 0 Å². The van der Waals surface area contributed by atoms with Gasteiger partial charge in [-0.05, 0) is 158 Å². The second-order valence-corrected chi connectivity index (χ2v) is 22.0. The first-order valence-electron chi connectivity index (χ1n) is 24.2. The zero-order valence-corrected chi connectivity index (χ0v) is 39.6. The van der Waals surface area contributed by atoms with Gasteiger partial charge in [0, 0.05) is 6.42 Å². The highest BCUT2D eigenvalue weighted by Crippen LogP contribution is 2.71. The minimum absolute atomic E-state index is 0.0161. The quantitative estimate of drug-likeness (QED) is 0.126. The van der Waals surface area contributed by atoms with Crippen LogP contribution >= 0.6 is 0 Å². The molecule has 346 valence electrons. The number of Topliss-reactive ketones (excluding diaryl/α,β-unsaturated/α-hetero) is 1. The molecule has 5 fully saturated rings. The molecule has 12 atom stereocenters. The number of esters is 3. The zero-order chi connectivity index (χ0) is 45.9. The molecule has 2 aromatic carbocycles. The Morgan fingerprint density at radius 3 is 2.06 bits per heavy atom. The van der Waals surface area contributed by atoms with Gasteiger partial charge < -0.3 is 24.3 Å². The van der Waals surface area contributed by atoms with Crippen LogP contribution in [0, 0.1) is 69.5 Å². The van der Waals surface area contributed by atoms with Crippen LogP contribution in [0.4, 0.5) is 0 Å². The predicted molar refractivity (Wildman–Crippen MR) is 242 cm³/mol. The second-order valence-electron chi connectivity index (χ2n) is 22.0. The summed E-state index contributed by atoms with van der Waals surface area (Å²) in [4.78, 5) is 68.6. The average Bonchev–Trinajstić information content (AvgIpc) is 3.57. The van der Waals surface area contributed by atoms with Crippen molar-refractivity contribution in [2.75, 3.05) is 7.11 Å². The molecule has 1 N–H and O–H groups in total. The van der Waals surface area contributed by atoms with Crippen molar-refractivity contribution in [2.45, 2.75) is 144 Å². The predicted octanol–water partition coefficient (Wildman–Crippen LogP) is 9.76. The third-order valence-electron chi connectivity index (χ3n) is 18.0. The third-order valence-corrected chi connectivity index (χ3v) is 18.0. The number of ether oxygens (including phenoxy) is 4. The van der Waals surface area contributed by atoms with Gasteiger partial charge in [0.05, 0.1) is 24.5 Å². The standard InChI is InChI=1S/C54H71NO9/c1-31(2)45-42(56)28-54(55-49(59)51(5,6)50(60)63-30-35-15-17-36(61-9)18-16-35)26-22-41-37(46(45)54)19-20-44-52(7)25-23-43(33(4)40(52)21-24-53(41,44)8)64-48(58)39-27-38(32(39)3)47(57)62-29-34-13-11-10-12-14-34/h10-18,31-33,37-41,43-44H,19-30H2,1-9H3,(H,55,59). The smallest absolute Gasteiger partial charge is 0.321 e. The first-order valence-corrected chi connectivity index (χ1v) is 24.2. The lowest BCUT2D eigenvalue weighted by atomic mass is 9.38. The highest BCUT2D eigenvalue weighted by atomic mass is 16.5. The van der Waals surface area contributed by atoms with Gasteiger partial charge in [-0.3, -0.25) is 24.0 Å². The molecule has 10 heteroatoms. The van der Waals surface area contributed by atoms with Gasteiger partial charge in [0.15, 0.2) is 5.78 Å². The molecule has 6 aliphatic rings. The summed E-state index contributed by atoms with van der Waals surface area (Å²) in [5.74, 6) is 0.361. The normalized spacial score (nSPS) is 35.5. The van der Waals surface area contributed by atoms with E-state index in [1.807, 2.05) is 49.4 Å². The molecule has 0 heterocycles. The van der Waals surface area contributed by atoms with Gasteiger partial charge in [0.25, 0.3) is 0 Å². The Balaban J connectivity index is 0.925. The molecule has 0 radical (unpaired) electrons. The molecule has 10 nitrogen and oxygen atoms in total. The first kappa shape index (κ1) is 46.1. The monoisotopic (exact) mass is 878 g/mol. The maximum Gasteiger partial charge on any atom is 0.321 e. The summed E-state index contributed by atoms with van der Waals surface area (Å²) < 4.78 is 23.0. The van der Waals surface area contributed by atoms with Crippen LogP contribution in [0.15, 0.2) is 65.7 Å². The van der Waals surface area contributed by atoms with Gasteiger partial charge in [-0.15, -0.1) is 0 Å². The number of ketones is 1. The van der Waals surface area contributed by atoms with Crippen LogP contribution in [0.25, 0.3) is 0 Å². The summed E-state index contributed by atoms with van der Waals surface area (Å²) in [5.41, 5.74) is 1.59. The Morgan fingerprint density at radius 1 is 0.766 bits per heavy atom. The number of hydrogen-bond donors (Lipinski definition) is 1. The van der Waals surface area contributed by atoms with E-state index in [4.69, 9.17) is 18.9 Å². The van der Waals surface area contributed by atoms with Crippen molar-refractivity contribution in [3.8, 4) is 5.75 Å². The fraction of sp³-hybridized carbons (Fsp3) is 0.648. The lowest BCUT2D eigenvalue weighted by Gasteiger charge is -2.67. The number of carbonyl (C=O) groups is 5. The topological polar surface area (TPSA) is 134 Å². The van der Waals surface area contributed by atoms with Gasteiger partial charge in [0.1, 0.15) is 30.5 Å². The minimum Gasteiger partial charge on any atom is -0.497 e. The molecular weight excluding hydrogens is 807 g/mol. The van der Waals surface area contributed by atoms with Gasteiger partial charge in [-0.1, -0.05) is 84.0 Å². The minimum atomic E-state index is -1.47. The van der Waals surface area contributed by atoms with E-state index in [0.29, 0.717) is 36.3 Å². The van der Waals surface area contributed by atoms with Crippen LogP contribution < -0.4 is 10.1 Å². The zero-order valence-electron chi connectivity index (χ0n) is 39.6. The molecule has 6 aliphatic carbocycles. The van der Waals surface area contributed by atoms with Crippen LogP contribution in [0.2, 0.25) is 0 Å². The van der Waals surface area contributed by atoms with Crippen LogP contribution in [0.1, 0.15) is 131 Å². The average molecular weight is 878 g/mol. The molecule has 12 unspecified atom stereocenters. The van der Waals surface area contributed by atoms with Crippen LogP contribution in [-0.2, 0) is 51.4 Å². The van der Waals surface area contributed by atoms with Crippen molar-refractivity contribution in [2.24, 2.45) is 69.5 Å². The van der Waals surface area contributed by atoms with Gasteiger partial charge >= 0.3 is 17.9 Å². The van der Waals surface area contributed by atoms with Crippen molar-refractivity contribution in [1.82, 2.24) is 5.32 Å². The molecule has 64 heavy (non-hydrogen) atoms. The summed E-state index contributed by atoms with van der Waals surface area (Å²) >= 11 is 0. The van der Waals surface area contributed by atoms with Crippen molar-refractivity contribution < 1.29 is 42.9 Å². The fourth-order valence-electron chi connectivity index (χ4n) is 14.2. The van der Waals surface area contributed by atoms with E-state index in [0.717, 1.165) is 67.2 Å². The Kier molecular flexibility index (Phi) is 12.5. The van der Waals surface area contributed by atoms with E-state index in [-0.39, 0.29) is 89.8 Å². The molecule has 0 aromatic heterocycles. The van der Waals surface area contributed by atoms with E-state index in [1.165, 1.54) is 0 Å². The molecule has 0 spiro atoms. The van der Waals surface area contributed by atoms with Crippen molar-refractivity contribution >= 4 is 29.6 Å². The maximum atomic E-state index is 14.3. The lowest BCUT2D eigenvalue weighted by molar-refractivity contribution is -0.196. The Morgan fingerprint density at radius 2 is 1.39 bits per heavy atom. The summed E-state index contributed by atoms with van der Waals surface area (Å²) in [7, 11) is 1.60. The SMILES string of the molecule is COc1ccc(COC(=O)C(C)(C)C(=O)NC23CCC4C(CCC5C4(C)CCC4C(C)C(OC(=O)C6CC(C(=O)OCc7ccccc7)C6C)CCC45C)C2=C(C(C)C)C(=O)C3)cc1. The van der Waals surface area contributed by atoms with Crippen LogP contribution in [0.5, 0.6) is 5.75 Å². The third kappa shape index (κ3) is 7.90. The Hall–Kier alpha value is -4.47. The Labute approximate surface area is 380 Å². The summed E-state index contributed by atoms with van der Waals surface area (Å²) in [5, 5.41) is 3.38. The number of benzene rings is 2. The molecular formula is C54H71NO9. The number of rotatable bonds is 12. The van der Waals surface area contributed by atoms with E-state index < -0.39 is 22.8 Å². The number of carbonyl (C=O) groups excluding carboxylic acids is 5. The highest BCUT2D eigenvalue weighted by Gasteiger charge is 2.66. The molecule has 0 saturated heterocycles. The summed E-state index contributed by atoms with van der Waals surface area (Å²) in [6.45, 7) is 17.0. The van der Waals surface area contributed by atoms with Crippen LogP contribution in [-0.4, -0.2) is 48.4 Å². The largest absolute Gasteiger partial charge is 0.497 e. The van der Waals surface area contributed by atoms with E-state index in [9.17, 15) is 24.0 Å². The number of hydrogen-bond acceptors (Lipinski definition) is 9. The molecule has 0 bridgehead atoms. The molecule has 8 rings (SSSR count). The number of methoxy groups -OCH3 is 1. The van der Waals surface area contributed by atoms with Crippen LogP contribution in [0.3, 0.4) is 0 Å². The number of allylic oxidation sites excluding steroid dienone is 1. The van der Waals surface area contributed by atoms with Gasteiger partial charge in [-0.2, -0.15) is 0 Å². The van der Waals surface area contributed by atoms with Crippen molar-refractivity contribution in [3.05, 3.63) is 76.9 Å². The molecule has 1 amide bonds. The van der Waals surface area contributed by atoms with Crippen molar-refractivity contribution in [1.29, 1.82) is 0 Å². The second kappa shape index (κ2) is 17.4.